The van der Waals surface area contributed by atoms with Gasteiger partial charge in [-0.3, -0.25) is 0 Å². The average molecular weight is 324 g/mol. The summed E-state index contributed by atoms with van der Waals surface area (Å²) >= 11 is 0. The van der Waals surface area contributed by atoms with Crippen molar-refractivity contribution in [3.63, 3.8) is 0 Å². The van der Waals surface area contributed by atoms with Gasteiger partial charge in [-0.05, 0) is 44.1 Å². The third-order valence-corrected chi connectivity index (χ3v) is 5.73. The van der Waals surface area contributed by atoms with Crippen LogP contribution in [0, 0.1) is 16.7 Å². The lowest BCUT2D eigenvalue weighted by atomic mass is 9.70. The summed E-state index contributed by atoms with van der Waals surface area (Å²) in [5.41, 5.74) is 0.958. The zero-order chi connectivity index (χ0) is 18.0. The maximum absolute atomic E-state index is 11.6. The third-order valence-electron chi connectivity index (χ3n) is 5.73. The van der Waals surface area contributed by atoms with Crippen LogP contribution in [0.1, 0.15) is 47.0 Å². The molecular weight excluding hydrogens is 296 g/mol. The van der Waals surface area contributed by atoms with Crippen LogP contribution in [0.2, 0.25) is 0 Å². The van der Waals surface area contributed by atoms with Crippen molar-refractivity contribution in [1.82, 2.24) is 0 Å². The Morgan fingerprint density at radius 2 is 1.74 bits per heavy atom. The molecule has 2 aliphatic rings. The first-order valence-corrected chi connectivity index (χ1v) is 7.80. The fourth-order valence-corrected chi connectivity index (χ4v) is 3.66. The standard InChI is InChI=1S/C14H22O2.C4H6O3/c1-9(2)12(15)16-11-8-10-6-7-14(11,5)13(10,3)4;1-3(5)4(6)7-2/h10-11H,1,6-8H2,2-5H3;5H,1H2,2H3/t10-,11?,14-;/m1./s1. The van der Waals surface area contributed by atoms with Crippen molar-refractivity contribution in [2.24, 2.45) is 16.7 Å². The van der Waals surface area contributed by atoms with Gasteiger partial charge in [0.25, 0.3) is 0 Å². The summed E-state index contributed by atoms with van der Waals surface area (Å²) in [6, 6.07) is 0. The van der Waals surface area contributed by atoms with E-state index in [1.165, 1.54) is 20.0 Å². The second kappa shape index (κ2) is 6.77. The van der Waals surface area contributed by atoms with E-state index in [0.717, 1.165) is 6.42 Å². The molecule has 0 aromatic heterocycles. The Kier molecular flexibility index (Phi) is 5.67. The van der Waals surface area contributed by atoms with Gasteiger partial charge in [-0.2, -0.15) is 0 Å². The smallest absolute Gasteiger partial charge is 0.372 e. The number of rotatable bonds is 3. The predicted molar refractivity (Wildman–Crippen MR) is 87.7 cm³/mol. The van der Waals surface area contributed by atoms with Crippen LogP contribution in [0.4, 0.5) is 0 Å². The van der Waals surface area contributed by atoms with Gasteiger partial charge in [0.15, 0.2) is 5.76 Å². The first-order valence-electron chi connectivity index (χ1n) is 7.80. The molecule has 0 spiro atoms. The molecule has 0 aromatic carbocycles. The van der Waals surface area contributed by atoms with Crippen molar-refractivity contribution < 1.29 is 24.2 Å². The van der Waals surface area contributed by atoms with E-state index >= 15 is 0 Å². The summed E-state index contributed by atoms with van der Waals surface area (Å²) in [4.78, 5) is 21.5. The van der Waals surface area contributed by atoms with Gasteiger partial charge < -0.3 is 14.6 Å². The number of ether oxygens (including phenoxy) is 2. The zero-order valence-electron chi connectivity index (χ0n) is 14.8. The molecule has 3 atom stereocenters. The van der Waals surface area contributed by atoms with E-state index in [9.17, 15) is 9.59 Å². The lowest BCUT2D eigenvalue weighted by molar-refractivity contribution is -0.151. The van der Waals surface area contributed by atoms with Crippen molar-refractivity contribution in [3.05, 3.63) is 24.5 Å². The van der Waals surface area contributed by atoms with E-state index in [1.54, 1.807) is 6.92 Å². The summed E-state index contributed by atoms with van der Waals surface area (Å²) in [6.07, 6.45) is 3.58. The van der Waals surface area contributed by atoms with Gasteiger partial charge in [0.2, 0.25) is 0 Å². The number of carbonyl (C=O) groups is 2. The highest BCUT2D eigenvalue weighted by Gasteiger charge is 2.62. The molecule has 1 unspecified atom stereocenters. The largest absolute Gasteiger partial charge is 0.502 e. The summed E-state index contributed by atoms with van der Waals surface area (Å²) in [5, 5.41) is 8.15. The molecule has 0 heterocycles. The first-order chi connectivity index (χ1) is 10.5. The molecule has 0 aliphatic heterocycles. The highest BCUT2D eigenvalue weighted by atomic mass is 16.5. The second-order valence-electron chi connectivity index (χ2n) is 7.22. The van der Waals surface area contributed by atoms with Gasteiger partial charge >= 0.3 is 11.9 Å². The molecule has 5 nitrogen and oxygen atoms in total. The van der Waals surface area contributed by atoms with Gasteiger partial charge in [-0.1, -0.05) is 27.4 Å². The summed E-state index contributed by atoms with van der Waals surface area (Å²) in [6.45, 7) is 15.2. The molecule has 0 radical (unpaired) electrons. The van der Waals surface area contributed by atoms with Crippen molar-refractivity contribution >= 4 is 11.9 Å². The van der Waals surface area contributed by atoms with Crippen molar-refractivity contribution in [3.8, 4) is 0 Å². The maximum atomic E-state index is 11.6. The van der Waals surface area contributed by atoms with Gasteiger partial charge in [0.05, 0.1) is 7.11 Å². The zero-order valence-corrected chi connectivity index (χ0v) is 14.8. The van der Waals surface area contributed by atoms with Crippen molar-refractivity contribution in [2.75, 3.05) is 7.11 Å². The Bertz CT molecular complexity index is 520. The Morgan fingerprint density at radius 1 is 1.17 bits per heavy atom. The maximum Gasteiger partial charge on any atom is 0.372 e. The van der Waals surface area contributed by atoms with Crippen LogP contribution in [0.3, 0.4) is 0 Å². The third kappa shape index (κ3) is 3.59. The Hall–Kier alpha value is -1.78. The SMILES string of the molecule is C=C(C)C(=O)OC1C[C@H]2CC[C@@]1(C)C2(C)C.C=C(O)C(=O)OC. The minimum atomic E-state index is -0.792. The molecule has 5 heteroatoms. The van der Waals surface area contributed by atoms with Crippen LogP contribution in [0.25, 0.3) is 0 Å². The van der Waals surface area contributed by atoms with Gasteiger partial charge in [0.1, 0.15) is 6.10 Å². The molecule has 0 saturated heterocycles. The first kappa shape index (κ1) is 19.3. The Labute approximate surface area is 138 Å². The molecule has 130 valence electrons. The van der Waals surface area contributed by atoms with Crippen LogP contribution in [-0.2, 0) is 19.1 Å². The molecule has 2 bridgehead atoms. The van der Waals surface area contributed by atoms with Crippen LogP contribution >= 0.6 is 0 Å². The highest BCUT2D eigenvalue weighted by molar-refractivity contribution is 5.87. The van der Waals surface area contributed by atoms with E-state index in [4.69, 9.17) is 9.84 Å². The summed E-state index contributed by atoms with van der Waals surface area (Å²) < 4.78 is 9.63. The highest BCUT2D eigenvalue weighted by Crippen LogP contribution is 2.66. The van der Waals surface area contributed by atoms with Crippen molar-refractivity contribution in [2.45, 2.75) is 53.1 Å². The number of fused-ring (bicyclic) bond motifs is 2. The monoisotopic (exact) mass is 324 g/mol. The Balaban J connectivity index is 0.000000322. The number of methoxy groups -OCH3 is 1. The second-order valence-corrected chi connectivity index (χ2v) is 7.22. The quantitative estimate of drug-likeness (QED) is 0.488. The average Bonchev–Trinajstić information content (AvgIpc) is 2.80. The van der Waals surface area contributed by atoms with Gasteiger partial charge in [-0.15, -0.1) is 0 Å². The summed E-state index contributed by atoms with van der Waals surface area (Å²) in [7, 11) is 1.17. The molecular formula is C18H28O5. The number of aliphatic hydroxyl groups is 1. The van der Waals surface area contributed by atoms with E-state index in [1.807, 2.05) is 0 Å². The topological polar surface area (TPSA) is 72.8 Å². The minimum absolute atomic E-state index is 0.0884. The fraction of sp³-hybridized carbons (Fsp3) is 0.667. The molecule has 23 heavy (non-hydrogen) atoms. The molecule has 2 aliphatic carbocycles. The number of aliphatic hydroxyl groups excluding tert-OH is 1. The van der Waals surface area contributed by atoms with Crippen LogP contribution in [0.5, 0.6) is 0 Å². The van der Waals surface area contributed by atoms with Crippen LogP contribution in [0.15, 0.2) is 24.5 Å². The minimum Gasteiger partial charge on any atom is -0.502 e. The van der Waals surface area contributed by atoms with E-state index in [0.29, 0.717) is 16.9 Å². The lowest BCUT2D eigenvalue weighted by Crippen LogP contribution is -2.38. The molecule has 0 amide bonds. The number of carbonyl (C=O) groups excluding carboxylic acids is 2. The summed E-state index contributed by atoms with van der Waals surface area (Å²) in [5.74, 6) is -0.877. The number of hydrogen-bond acceptors (Lipinski definition) is 5. The predicted octanol–water partition coefficient (Wildman–Crippen LogP) is 3.55. The van der Waals surface area contributed by atoms with E-state index in [2.05, 4.69) is 38.7 Å². The number of esters is 2. The van der Waals surface area contributed by atoms with E-state index < -0.39 is 11.7 Å². The van der Waals surface area contributed by atoms with Crippen molar-refractivity contribution in [1.29, 1.82) is 0 Å². The van der Waals surface area contributed by atoms with Gasteiger partial charge in [-0.25, -0.2) is 9.59 Å². The van der Waals surface area contributed by atoms with Crippen LogP contribution < -0.4 is 0 Å². The van der Waals surface area contributed by atoms with Crippen LogP contribution in [-0.4, -0.2) is 30.3 Å². The normalized spacial score (nSPS) is 30.0. The van der Waals surface area contributed by atoms with Gasteiger partial charge in [0, 0.05) is 11.0 Å². The lowest BCUT2D eigenvalue weighted by Gasteiger charge is -2.38. The molecule has 1 N–H and O–H groups in total. The molecule has 2 rings (SSSR count). The molecule has 2 fully saturated rings. The number of hydrogen-bond donors (Lipinski definition) is 1. The van der Waals surface area contributed by atoms with E-state index in [-0.39, 0.29) is 17.5 Å². The molecule has 2 saturated carbocycles. The fourth-order valence-electron chi connectivity index (χ4n) is 3.66. The Morgan fingerprint density at radius 3 is 2.00 bits per heavy atom. The molecule has 0 aromatic rings.